The van der Waals surface area contributed by atoms with Crippen molar-refractivity contribution in [2.75, 3.05) is 23.3 Å². The van der Waals surface area contributed by atoms with Crippen molar-refractivity contribution in [2.45, 2.75) is 19.3 Å². The summed E-state index contributed by atoms with van der Waals surface area (Å²) in [5, 5.41) is 12.3. The van der Waals surface area contributed by atoms with E-state index in [4.69, 9.17) is 5.26 Å². The van der Waals surface area contributed by atoms with E-state index in [0.29, 0.717) is 18.5 Å². The molecule has 1 aliphatic heterocycles. The molecule has 0 saturated heterocycles. The SMILES string of the molecule is N#Cc1ccccc1NCCC(=O)N1CCCc2ccccc21. The number of amides is 1. The van der Waals surface area contributed by atoms with Gasteiger partial charge in [-0.1, -0.05) is 30.3 Å². The number of carbonyl (C=O) groups excluding carboxylic acids is 1. The summed E-state index contributed by atoms with van der Waals surface area (Å²) >= 11 is 0. The van der Waals surface area contributed by atoms with Crippen molar-refractivity contribution < 1.29 is 4.79 Å². The van der Waals surface area contributed by atoms with E-state index in [-0.39, 0.29) is 5.91 Å². The first-order valence-electron chi connectivity index (χ1n) is 7.91. The lowest BCUT2D eigenvalue weighted by Gasteiger charge is -2.29. The van der Waals surface area contributed by atoms with Crippen LogP contribution >= 0.6 is 0 Å². The molecule has 4 nitrogen and oxygen atoms in total. The molecule has 2 aromatic rings. The third-order valence-corrected chi connectivity index (χ3v) is 4.11. The number of hydrogen-bond acceptors (Lipinski definition) is 3. The van der Waals surface area contributed by atoms with Crippen LogP contribution in [0.5, 0.6) is 0 Å². The van der Waals surface area contributed by atoms with Gasteiger partial charge in [-0.05, 0) is 36.6 Å². The molecule has 116 valence electrons. The van der Waals surface area contributed by atoms with Crippen LogP contribution in [-0.2, 0) is 11.2 Å². The Morgan fingerprint density at radius 1 is 1.17 bits per heavy atom. The van der Waals surface area contributed by atoms with Crippen molar-refractivity contribution in [1.29, 1.82) is 5.26 Å². The minimum absolute atomic E-state index is 0.124. The second-order valence-electron chi connectivity index (χ2n) is 5.61. The van der Waals surface area contributed by atoms with Gasteiger partial charge in [-0.2, -0.15) is 5.26 Å². The van der Waals surface area contributed by atoms with E-state index >= 15 is 0 Å². The van der Waals surface area contributed by atoms with E-state index in [1.807, 2.05) is 41.3 Å². The fourth-order valence-electron chi connectivity index (χ4n) is 2.97. The molecule has 23 heavy (non-hydrogen) atoms. The average molecular weight is 305 g/mol. The average Bonchev–Trinajstić information content (AvgIpc) is 2.61. The molecule has 1 N–H and O–H groups in total. The van der Waals surface area contributed by atoms with E-state index in [1.54, 1.807) is 6.07 Å². The molecule has 0 aromatic heterocycles. The summed E-state index contributed by atoms with van der Waals surface area (Å²) in [6.45, 7) is 1.31. The zero-order valence-electron chi connectivity index (χ0n) is 13.0. The highest BCUT2D eigenvalue weighted by molar-refractivity contribution is 5.94. The number of rotatable bonds is 4. The quantitative estimate of drug-likeness (QED) is 0.942. The predicted octanol–water partition coefficient (Wildman–Crippen LogP) is 3.34. The first kappa shape index (κ1) is 15.1. The summed E-state index contributed by atoms with van der Waals surface area (Å²) in [6.07, 6.45) is 2.45. The lowest BCUT2D eigenvalue weighted by Crippen LogP contribution is -2.36. The molecule has 1 amide bonds. The minimum Gasteiger partial charge on any atom is -0.383 e. The second-order valence-corrected chi connectivity index (χ2v) is 5.61. The van der Waals surface area contributed by atoms with Crippen molar-refractivity contribution in [3.8, 4) is 6.07 Å². The van der Waals surface area contributed by atoms with E-state index in [2.05, 4.69) is 17.5 Å². The number of para-hydroxylation sites is 2. The van der Waals surface area contributed by atoms with Gasteiger partial charge in [0, 0.05) is 25.2 Å². The Bertz CT molecular complexity index is 748. The molecule has 0 spiro atoms. The molecule has 1 heterocycles. The maximum Gasteiger partial charge on any atom is 0.228 e. The number of anilines is 2. The van der Waals surface area contributed by atoms with E-state index in [9.17, 15) is 4.79 Å². The van der Waals surface area contributed by atoms with Crippen molar-refractivity contribution in [3.63, 3.8) is 0 Å². The summed E-state index contributed by atoms with van der Waals surface area (Å²) in [5.41, 5.74) is 3.67. The van der Waals surface area contributed by atoms with Gasteiger partial charge >= 0.3 is 0 Å². The van der Waals surface area contributed by atoms with Gasteiger partial charge in [-0.15, -0.1) is 0 Å². The number of benzene rings is 2. The Hall–Kier alpha value is -2.80. The molecule has 0 saturated carbocycles. The third kappa shape index (κ3) is 3.35. The summed E-state index contributed by atoms with van der Waals surface area (Å²) in [5.74, 6) is 0.124. The molecule has 0 radical (unpaired) electrons. The minimum atomic E-state index is 0.124. The number of hydrogen-bond donors (Lipinski definition) is 1. The first-order chi connectivity index (χ1) is 11.3. The molecule has 0 fully saturated rings. The zero-order valence-corrected chi connectivity index (χ0v) is 13.0. The maximum atomic E-state index is 12.5. The maximum absolute atomic E-state index is 12.5. The van der Waals surface area contributed by atoms with Crippen LogP contribution in [0.15, 0.2) is 48.5 Å². The topological polar surface area (TPSA) is 56.1 Å². The summed E-state index contributed by atoms with van der Waals surface area (Å²) < 4.78 is 0. The van der Waals surface area contributed by atoms with E-state index < -0.39 is 0 Å². The van der Waals surface area contributed by atoms with Crippen molar-refractivity contribution >= 4 is 17.3 Å². The second kappa shape index (κ2) is 6.97. The molecule has 2 aromatic carbocycles. The van der Waals surface area contributed by atoms with Crippen molar-refractivity contribution in [3.05, 3.63) is 59.7 Å². The standard InChI is InChI=1S/C19H19N3O/c20-14-16-7-1-3-9-17(16)21-12-11-19(23)22-13-5-8-15-6-2-4-10-18(15)22/h1-4,6-7,9-10,21H,5,8,11-13H2. The number of aryl methyl sites for hydroxylation is 1. The Labute approximate surface area is 136 Å². The highest BCUT2D eigenvalue weighted by Crippen LogP contribution is 2.27. The van der Waals surface area contributed by atoms with Gasteiger partial charge in [0.15, 0.2) is 0 Å². The van der Waals surface area contributed by atoms with Gasteiger partial charge in [0.2, 0.25) is 5.91 Å². The van der Waals surface area contributed by atoms with Crippen LogP contribution in [0.2, 0.25) is 0 Å². The summed E-state index contributed by atoms with van der Waals surface area (Å²) in [4.78, 5) is 14.4. The van der Waals surface area contributed by atoms with E-state index in [1.165, 1.54) is 5.56 Å². The molecule has 0 bridgehead atoms. The molecule has 3 rings (SSSR count). The molecule has 0 atom stereocenters. The molecule has 0 aliphatic carbocycles. The third-order valence-electron chi connectivity index (χ3n) is 4.11. The van der Waals surface area contributed by atoms with Crippen LogP contribution in [0, 0.1) is 11.3 Å². The highest BCUT2D eigenvalue weighted by atomic mass is 16.2. The van der Waals surface area contributed by atoms with Crippen LogP contribution in [0.4, 0.5) is 11.4 Å². The fourth-order valence-corrected chi connectivity index (χ4v) is 2.97. The lowest BCUT2D eigenvalue weighted by atomic mass is 10.0. The molecular formula is C19H19N3O. The molecule has 0 unspecified atom stereocenters. The Balaban J connectivity index is 1.62. The Morgan fingerprint density at radius 2 is 1.96 bits per heavy atom. The van der Waals surface area contributed by atoms with E-state index in [0.717, 1.165) is 30.8 Å². The number of carbonyl (C=O) groups is 1. The van der Waals surface area contributed by atoms with Crippen LogP contribution in [0.1, 0.15) is 24.0 Å². The summed E-state index contributed by atoms with van der Waals surface area (Å²) in [7, 11) is 0. The van der Waals surface area contributed by atoms with Gasteiger partial charge in [-0.25, -0.2) is 0 Å². The summed E-state index contributed by atoms with van der Waals surface area (Å²) in [6, 6.07) is 17.6. The largest absolute Gasteiger partial charge is 0.383 e. The molecule has 4 heteroatoms. The van der Waals surface area contributed by atoms with Gasteiger partial charge in [0.25, 0.3) is 0 Å². The fraction of sp³-hybridized carbons (Fsp3) is 0.263. The number of fused-ring (bicyclic) bond motifs is 1. The van der Waals surface area contributed by atoms with Gasteiger partial charge in [-0.3, -0.25) is 4.79 Å². The first-order valence-corrected chi connectivity index (χ1v) is 7.91. The van der Waals surface area contributed by atoms with Crippen LogP contribution in [0.25, 0.3) is 0 Å². The number of nitrogens with one attached hydrogen (secondary N) is 1. The van der Waals surface area contributed by atoms with Gasteiger partial charge < -0.3 is 10.2 Å². The smallest absolute Gasteiger partial charge is 0.228 e. The van der Waals surface area contributed by atoms with Gasteiger partial charge in [0.05, 0.1) is 11.3 Å². The predicted molar refractivity (Wildman–Crippen MR) is 91.4 cm³/mol. The molecular weight excluding hydrogens is 286 g/mol. The molecule has 1 aliphatic rings. The zero-order chi connectivity index (χ0) is 16.1. The van der Waals surface area contributed by atoms with Crippen molar-refractivity contribution in [1.82, 2.24) is 0 Å². The Kier molecular flexibility index (Phi) is 4.58. The van der Waals surface area contributed by atoms with Crippen LogP contribution in [-0.4, -0.2) is 19.0 Å². The number of nitriles is 1. The monoisotopic (exact) mass is 305 g/mol. The number of nitrogens with zero attached hydrogens (tertiary/aromatic N) is 2. The van der Waals surface area contributed by atoms with Crippen molar-refractivity contribution in [2.24, 2.45) is 0 Å². The van der Waals surface area contributed by atoms with Crippen LogP contribution in [0.3, 0.4) is 0 Å². The van der Waals surface area contributed by atoms with Crippen LogP contribution < -0.4 is 10.2 Å². The Morgan fingerprint density at radius 3 is 2.83 bits per heavy atom. The van der Waals surface area contributed by atoms with Gasteiger partial charge in [0.1, 0.15) is 6.07 Å². The lowest BCUT2D eigenvalue weighted by molar-refractivity contribution is -0.118. The normalized spacial score (nSPS) is 13.1. The highest BCUT2D eigenvalue weighted by Gasteiger charge is 2.21.